The summed E-state index contributed by atoms with van der Waals surface area (Å²) in [6, 6.07) is 1.45. The lowest BCUT2D eigenvalue weighted by Gasteiger charge is -2.39. The number of carbonyl (C=O) groups is 2. The number of halogens is 4. The molecule has 2 atom stereocenters. The maximum Gasteiger partial charge on any atom is 0.404 e. The molecule has 0 spiro atoms. The summed E-state index contributed by atoms with van der Waals surface area (Å²) in [6.45, 7) is 0.925. The van der Waals surface area contributed by atoms with Gasteiger partial charge in [-0.3, -0.25) is 19.6 Å². The Morgan fingerprint density at radius 2 is 1.92 bits per heavy atom. The molecule has 0 saturated carbocycles. The average molecular weight is 529 g/mol. The SMILES string of the molecule is COc1cc(-c2cc(C(=O)N3CCC(C(=O)N[C@H]4CC[C@@H](C(F)(F)F)N(C)C4)CC3)[nH]n2)c(Cl)cn1. The number of piperidine rings is 2. The molecular weight excluding hydrogens is 501 g/mol. The highest BCUT2D eigenvalue weighted by molar-refractivity contribution is 6.33. The number of amides is 2. The molecule has 0 unspecified atom stereocenters. The van der Waals surface area contributed by atoms with Gasteiger partial charge in [0.2, 0.25) is 11.8 Å². The summed E-state index contributed by atoms with van der Waals surface area (Å²) in [4.78, 5) is 32.7. The van der Waals surface area contributed by atoms with E-state index >= 15 is 0 Å². The van der Waals surface area contributed by atoms with Gasteiger partial charge in [-0.1, -0.05) is 11.6 Å². The van der Waals surface area contributed by atoms with Crippen molar-refractivity contribution in [2.75, 3.05) is 33.8 Å². The summed E-state index contributed by atoms with van der Waals surface area (Å²) < 4.78 is 44.3. The number of alkyl halides is 3. The van der Waals surface area contributed by atoms with E-state index in [-0.39, 0.29) is 43.2 Å². The lowest BCUT2D eigenvalue weighted by Crippen LogP contribution is -2.55. The number of likely N-dealkylation sites (N-methyl/N-ethyl adjacent to an activating group) is 1. The van der Waals surface area contributed by atoms with E-state index in [9.17, 15) is 22.8 Å². The van der Waals surface area contributed by atoms with E-state index < -0.39 is 12.2 Å². The van der Waals surface area contributed by atoms with Gasteiger partial charge in [0.15, 0.2) is 0 Å². The molecule has 2 fully saturated rings. The first-order valence-electron chi connectivity index (χ1n) is 11.7. The number of likely N-dealkylation sites (tertiary alicyclic amines) is 2. The van der Waals surface area contributed by atoms with Crippen LogP contribution < -0.4 is 10.1 Å². The van der Waals surface area contributed by atoms with Crippen molar-refractivity contribution in [1.82, 2.24) is 30.3 Å². The van der Waals surface area contributed by atoms with Gasteiger partial charge < -0.3 is 15.0 Å². The molecule has 2 aliphatic heterocycles. The Kier molecular flexibility index (Phi) is 7.74. The molecule has 0 radical (unpaired) electrons. The summed E-state index contributed by atoms with van der Waals surface area (Å²) >= 11 is 6.22. The van der Waals surface area contributed by atoms with Crippen molar-refractivity contribution in [2.24, 2.45) is 5.92 Å². The van der Waals surface area contributed by atoms with Crippen molar-refractivity contribution < 1.29 is 27.5 Å². The van der Waals surface area contributed by atoms with Crippen LogP contribution in [0.3, 0.4) is 0 Å². The molecule has 0 aromatic carbocycles. The Morgan fingerprint density at radius 1 is 1.19 bits per heavy atom. The number of rotatable bonds is 5. The van der Waals surface area contributed by atoms with E-state index in [1.165, 1.54) is 25.3 Å². The van der Waals surface area contributed by atoms with Crippen molar-refractivity contribution in [3.8, 4) is 17.1 Å². The molecule has 13 heteroatoms. The monoisotopic (exact) mass is 528 g/mol. The summed E-state index contributed by atoms with van der Waals surface area (Å²) in [5.41, 5.74) is 1.34. The summed E-state index contributed by atoms with van der Waals surface area (Å²) in [5.74, 6) is -0.335. The maximum atomic E-state index is 13.1. The van der Waals surface area contributed by atoms with E-state index in [1.54, 1.807) is 17.0 Å². The summed E-state index contributed by atoms with van der Waals surface area (Å²) in [7, 11) is 2.92. The smallest absolute Gasteiger partial charge is 0.404 e. The summed E-state index contributed by atoms with van der Waals surface area (Å²) in [5, 5.41) is 10.2. The van der Waals surface area contributed by atoms with E-state index in [2.05, 4.69) is 20.5 Å². The number of methoxy groups -OCH3 is 1. The Labute approximate surface area is 211 Å². The third-order valence-electron chi connectivity index (χ3n) is 6.83. The van der Waals surface area contributed by atoms with E-state index in [1.807, 2.05) is 0 Å². The molecule has 2 amide bonds. The van der Waals surface area contributed by atoms with Gasteiger partial charge in [-0.15, -0.1) is 0 Å². The number of aromatic amines is 1. The third-order valence-corrected chi connectivity index (χ3v) is 7.13. The molecule has 2 aromatic rings. The molecule has 0 bridgehead atoms. The highest BCUT2D eigenvalue weighted by Crippen LogP contribution is 2.32. The third kappa shape index (κ3) is 5.75. The van der Waals surface area contributed by atoms with Crippen LogP contribution in [0, 0.1) is 5.92 Å². The van der Waals surface area contributed by atoms with Crippen molar-refractivity contribution in [3.63, 3.8) is 0 Å². The molecule has 4 heterocycles. The number of aromatic nitrogens is 3. The van der Waals surface area contributed by atoms with Gasteiger partial charge in [-0.25, -0.2) is 4.98 Å². The van der Waals surface area contributed by atoms with Crippen LogP contribution in [-0.2, 0) is 4.79 Å². The fourth-order valence-corrected chi connectivity index (χ4v) is 5.01. The second-order valence-electron chi connectivity index (χ2n) is 9.22. The Hall–Kier alpha value is -2.86. The molecule has 9 nitrogen and oxygen atoms in total. The minimum atomic E-state index is -4.27. The van der Waals surface area contributed by atoms with Crippen LogP contribution >= 0.6 is 11.6 Å². The van der Waals surface area contributed by atoms with E-state index in [0.717, 1.165) is 0 Å². The zero-order valence-electron chi connectivity index (χ0n) is 19.9. The quantitative estimate of drug-likeness (QED) is 0.618. The number of pyridine rings is 1. The lowest BCUT2D eigenvalue weighted by atomic mass is 9.93. The van der Waals surface area contributed by atoms with Gasteiger partial charge in [0, 0.05) is 43.2 Å². The Bertz CT molecular complexity index is 1100. The maximum absolute atomic E-state index is 13.1. The van der Waals surface area contributed by atoms with Crippen LogP contribution in [0.15, 0.2) is 18.3 Å². The first kappa shape index (κ1) is 26.2. The highest BCUT2D eigenvalue weighted by Gasteiger charge is 2.45. The Balaban J connectivity index is 1.29. The largest absolute Gasteiger partial charge is 0.481 e. The molecule has 36 heavy (non-hydrogen) atoms. The van der Waals surface area contributed by atoms with Gasteiger partial charge in [-0.05, 0) is 38.8 Å². The first-order chi connectivity index (χ1) is 17.1. The first-order valence-corrected chi connectivity index (χ1v) is 12.1. The summed E-state index contributed by atoms with van der Waals surface area (Å²) in [6.07, 6.45) is -1.63. The van der Waals surface area contributed by atoms with Crippen molar-refractivity contribution >= 4 is 23.4 Å². The standard InChI is InChI=1S/C23H28ClF3N6O3/c1-32-12-14(3-4-19(32)23(25,26)27)29-21(34)13-5-7-33(8-6-13)22(35)18-10-17(30-31-18)15-9-20(36-2)28-11-16(15)24/h9-11,13-14,19H,3-8,12H2,1-2H3,(H,29,34)(H,30,31)/t14-,19-/m0/s1. The fraction of sp³-hybridized carbons (Fsp3) is 0.565. The highest BCUT2D eigenvalue weighted by atomic mass is 35.5. The molecule has 4 rings (SSSR count). The normalized spacial score (nSPS) is 21.9. The van der Waals surface area contributed by atoms with Gasteiger partial charge in [-0.2, -0.15) is 18.3 Å². The van der Waals surface area contributed by atoms with Crippen molar-refractivity contribution in [1.29, 1.82) is 0 Å². The Morgan fingerprint density at radius 3 is 2.56 bits per heavy atom. The number of hydrogen-bond donors (Lipinski definition) is 2. The number of H-pyrrole nitrogens is 1. The number of carbonyl (C=O) groups excluding carboxylic acids is 2. The van der Waals surface area contributed by atoms with Crippen LogP contribution in [0.25, 0.3) is 11.3 Å². The minimum Gasteiger partial charge on any atom is -0.481 e. The number of ether oxygens (including phenoxy) is 1. The molecule has 196 valence electrons. The van der Waals surface area contributed by atoms with Crippen LogP contribution in [0.1, 0.15) is 36.2 Å². The van der Waals surface area contributed by atoms with E-state index in [4.69, 9.17) is 16.3 Å². The zero-order chi connectivity index (χ0) is 26.0. The van der Waals surface area contributed by atoms with Gasteiger partial charge in [0.05, 0.1) is 24.0 Å². The van der Waals surface area contributed by atoms with Crippen LogP contribution in [0.5, 0.6) is 5.88 Å². The molecule has 2 aliphatic rings. The predicted molar refractivity (Wildman–Crippen MR) is 126 cm³/mol. The topological polar surface area (TPSA) is 103 Å². The van der Waals surface area contributed by atoms with Crippen molar-refractivity contribution in [3.05, 3.63) is 29.0 Å². The molecule has 2 saturated heterocycles. The number of nitrogens with one attached hydrogen (secondary N) is 2. The van der Waals surface area contributed by atoms with Crippen LogP contribution in [-0.4, -0.2) is 88.8 Å². The second-order valence-corrected chi connectivity index (χ2v) is 9.63. The van der Waals surface area contributed by atoms with Gasteiger partial charge in [0.1, 0.15) is 11.7 Å². The molecular formula is C23H28ClF3N6O3. The van der Waals surface area contributed by atoms with Crippen molar-refractivity contribution in [2.45, 2.75) is 43.9 Å². The number of nitrogens with zero attached hydrogens (tertiary/aromatic N) is 4. The fourth-order valence-electron chi connectivity index (χ4n) is 4.81. The molecule has 2 aromatic heterocycles. The van der Waals surface area contributed by atoms with E-state index in [0.29, 0.717) is 53.8 Å². The minimum absolute atomic E-state index is 0.0401. The van der Waals surface area contributed by atoms with Crippen LogP contribution in [0.4, 0.5) is 13.2 Å². The predicted octanol–water partition coefficient (Wildman–Crippen LogP) is 3.13. The number of hydrogen-bond acceptors (Lipinski definition) is 6. The van der Waals surface area contributed by atoms with Crippen LogP contribution in [0.2, 0.25) is 5.02 Å². The average Bonchev–Trinajstić information content (AvgIpc) is 3.33. The van der Waals surface area contributed by atoms with Gasteiger partial charge in [0.25, 0.3) is 5.91 Å². The molecule has 0 aliphatic carbocycles. The van der Waals surface area contributed by atoms with Gasteiger partial charge >= 0.3 is 6.18 Å². The molecule has 2 N–H and O–H groups in total. The second kappa shape index (κ2) is 10.6. The lowest BCUT2D eigenvalue weighted by molar-refractivity contribution is -0.188. The zero-order valence-corrected chi connectivity index (χ0v) is 20.7.